The Kier molecular flexibility index (Phi) is 5.95. The van der Waals surface area contributed by atoms with Gasteiger partial charge in [0.05, 0.1) is 5.69 Å². The van der Waals surface area contributed by atoms with E-state index in [1.807, 2.05) is 12.1 Å². The van der Waals surface area contributed by atoms with Crippen molar-refractivity contribution < 1.29 is 9.90 Å². The number of amides is 1. The highest BCUT2D eigenvalue weighted by molar-refractivity contribution is 7.80. The molecule has 110 valence electrons. The number of rotatable bonds is 4. The van der Waals surface area contributed by atoms with Crippen LogP contribution in [-0.4, -0.2) is 16.1 Å². The molecule has 0 saturated heterocycles. The van der Waals surface area contributed by atoms with E-state index in [4.69, 9.17) is 12.2 Å². The molecule has 1 atom stereocenters. The van der Waals surface area contributed by atoms with Gasteiger partial charge >= 0.3 is 0 Å². The Morgan fingerprint density at radius 2 is 2.00 bits per heavy atom. The fourth-order valence-corrected chi connectivity index (χ4v) is 1.82. The smallest absolute Gasteiger partial charge is 0.228 e. The molecule has 5 heteroatoms. The van der Waals surface area contributed by atoms with Crippen LogP contribution in [0, 0.1) is 5.92 Å². The molecule has 0 spiro atoms. The summed E-state index contributed by atoms with van der Waals surface area (Å²) in [7, 11) is 0. The van der Waals surface area contributed by atoms with E-state index in [1.54, 1.807) is 19.9 Å². The number of benzene rings is 1. The number of thiocarbonyl (C=S) groups is 1. The fraction of sp³-hybridized carbons (Fsp3) is 0.467. The van der Waals surface area contributed by atoms with Crippen molar-refractivity contribution in [3.05, 3.63) is 23.8 Å². The zero-order valence-electron chi connectivity index (χ0n) is 12.4. The molecule has 0 bridgehead atoms. The molecule has 0 aliphatic carbocycles. The van der Waals surface area contributed by atoms with Gasteiger partial charge in [0.2, 0.25) is 5.91 Å². The zero-order valence-corrected chi connectivity index (χ0v) is 13.2. The molecular formula is C15H22N2O2S. The van der Waals surface area contributed by atoms with Gasteiger partial charge in [0.25, 0.3) is 0 Å². The number of carbonyl (C=O) groups excluding carboxylic acids is 1. The summed E-state index contributed by atoms with van der Waals surface area (Å²) in [5, 5.41) is 15.5. The van der Waals surface area contributed by atoms with E-state index in [2.05, 4.69) is 24.5 Å². The monoisotopic (exact) mass is 294 g/mol. The van der Waals surface area contributed by atoms with E-state index in [9.17, 15) is 9.90 Å². The molecule has 0 fully saturated rings. The lowest BCUT2D eigenvalue weighted by Crippen LogP contribution is -2.36. The van der Waals surface area contributed by atoms with Gasteiger partial charge < -0.3 is 15.7 Å². The minimum atomic E-state index is -0.153. The lowest BCUT2D eigenvalue weighted by atomic mass is 9.98. The molecule has 0 aliphatic rings. The van der Waals surface area contributed by atoms with Crippen molar-refractivity contribution in [2.24, 2.45) is 5.92 Å². The van der Waals surface area contributed by atoms with Crippen LogP contribution in [0.5, 0.6) is 5.75 Å². The normalized spacial score (nSPS) is 12.1. The largest absolute Gasteiger partial charge is 0.506 e. The van der Waals surface area contributed by atoms with Crippen molar-refractivity contribution in [3.8, 4) is 5.75 Å². The van der Waals surface area contributed by atoms with E-state index in [0.717, 1.165) is 12.0 Å². The lowest BCUT2D eigenvalue weighted by Gasteiger charge is -2.15. The highest BCUT2D eigenvalue weighted by atomic mass is 32.1. The van der Waals surface area contributed by atoms with Gasteiger partial charge in [-0.15, -0.1) is 0 Å². The van der Waals surface area contributed by atoms with Crippen molar-refractivity contribution in [2.45, 2.75) is 40.0 Å². The third kappa shape index (κ3) is 4.49. The van der Waals surface area contributed by atoms with Gasteiger partial charge in [-0.1, -0.05) is 33.8 Å². The Balaban J connectivity index is 2.81. The molecule has 1 aromatic carbocycles. The number of carbonyl (C=O) groups is 1. The topological polar surface area (TPSA) is 61.4 Å². The molecule has 0 heterocycles. The van der Waals surface area contributed by atoms with Crippen LogP contribution >= 0.6 is 12.2 Å². The first-order valence-electron chi connectivity index (χ1n) is 6.79. The SMILES string of the molecule is CC[C@@H](C)c1ccc(O)c(NC(=S)NC(=O)C(C)C)c1. The van der Waals surface area contributed by atoms with E-state index < -0.39 is 0 Å². The Morgan fingerprint density at radius 1 is 1.35 bits per heavy atom. The van der Waals surface area contributed by atoms with Crippen LogP contribution in [-0.2, 0) is 4.79 Å². The van der Waals surface area contributed by atoms with Crippen molar-refractivity contribution in [1.29, 1.82) is 0 Å². The molecule has 0 unspecified atom stereocenters. The van der Waals surface area contributed by atoms with Gasteiger partial charge in [-0.05, 0) is 42.3 Å². The molecule has 0 aromatic heterocycles. The standard InChI is InChI=1S/C15H22N2O2S/c1-5-10(4)11-6-7-13(18)12(8-11)16-15(20)17-14(19)9(2)3/h6-10,18H,5H2,1-4H3,(H2,16,17,19,20)/t10-/m1/s1. The molecule has 3 N–H and O–H groups in total. The van der Waals surface area contributed by atoms with Crippen LogP contribution < -0.4 is 10.6 Å². The molecule has 1 aromatic rings. The predicted molar refractivity (Wildman–Crippen MR) is 86.0 cm³/mol. The summed E-state index contributed by atoms with van der Waals surface area (Å²) < 4.78 is 0. The van der Waals surface area contributed by atoms with E-state index >= 15 is 0 Å². The van der Waals surface area contributed by atoms with Crippen LogP contribution in [0.15, 0.2) is 18.2 Å². The second-order valence-electron chi connectivity index (χ2n) is 5.18. The van der Waals surface area contributed by atoms with Crippen molar-refractivity contribution in [2.75, 3.05) is 5.32 Å². The van der Waals surface area contributed by atoms with Crippen LogP contribution in [0.4, 0.5) is 5.69 Å². The molecular weight excluding hydrogens is 272 g/mol. The second-order valence-corrected chi connectivity index (χ2v) is 5.59. The molecule has 1 amide bonds. The first kappa shape index (κ1) is 16.4. The van der Waals surface area contributed by atoms with Gasteiger partial charge in [0, 0.05) is 5.92 Å². The van der Waals surface area contributed by atoms with Gasteiger partial charge in [-0.25, -0.2) is 0 Å². The number of hydrogen-bond acceptors (Lipinski definition) is 3. The third-order valence-corrected chi connectivity index (χ3v) is 3.42. The second kappa shape index (κ2) is 7.24. The number of phenols is 1. The van der Waals surface area contributed by atoms with Crippen LogP contribution in [0.1, 0.15) is 45.6 Å². The van der Waals surface area contributed by atoms with Crippen molar-refractivity contribution >= 4 is 28.9 Å². The first-order chi connectivity index (χ1) is 9.35. The number of phenolic OH excluding ortho intramolecular Hbond substituents is 1. The number of aromatic hydroxyl groups is 1. The average molecular weight is 294 g/mol. The summed E-state index contributed by atoms with van der Waals surface area (Å²) in [5.74, 6) is 0.211. The zero-order chi connectivity index (χ0) is 15.3. The summed E-state index contributed by atoms with van der Waals surface area (Å²) in [5.41, 5.74) is 1.63. The van der Waals surface area contributed by atoms with E-state index in [1.165, 1.54) is 0 Å². The number of hydrogen-bond donors (Lipinski definition) is 3. The van der Waals surface area contributed by atoms with Crippen LogP contribution in [0.25, 0.3) is 0 Å². The summed E-state index contributed by atoms with van der Waals surface area (Å²) in [6.45, 7) is 7.81. The highest BCUT2D eigenvalue weighted by Crippen LogP contribution is 2.28. The Hall–Kier alpha value is -1.62. The Labute approximate surface area is 125 Å². The first-order valence-corrected chi connectivity index (χ1v) is 7.20. The number of anilines is 1. The molecule has 0 saturated carbocycles. The van der Waals surface area contributed by atoms with Gasteiger partial charge in [-0.3, -0.25) is 4.79 Å². The van der Waals surface area contributed by atoms with Gasteiger partial charge in [-0.2, -0.15) is 0 Å². The quantitative estimate of drug-likeness (QED) is 0.588. The Morgan fingerprint density at radius 3 is 2.55 bits per heavy atom. The van der Waals surface area contributed by atoms with E-state index in [-0.39, 0.29) is 22.7 Å². The summed E-state index contributed by atoms with van der Waals surface area (Å²) in [6.07, 6.45) is 1.01. The maximum absolute atomic E-state index is 11.5. The minimum Gasteiger partial charge on any atom is -0.506 e. The molecule has 20 heavy (non-hydrogen) atoms. The van der Waals surface area contributed by atoms with Gasteiger partial charge in [0.15, 0.2) is 5.11 Å². The van der Waals surface area contributed by atoms with Crippen molar-refractivity contribution in [3.63, 3.8) is 0 Å². The lowest BCUT2D eigenvalue weighted by molar-refractivity contribution is -0.122. The van der Waals surface area contributed by atoms with E-state index in [0.29, 0.717) is 11.6 Å². The van der Waals surface area contributed by atoms with Crippen LogP contribution in [0.2, 0.25) is 0 Å². The Bertz CT molecular complexity index is 501. The summed E-state index contributed by atoms with van der Waals surface area (Å²) in [4.78, 5) is 11.5. The summed E-state index contributed by atoms with van der Waals surface area (Å²) >= 11 is 5.07. The summed E-state index contributed by atoms with van der Waals surface area (Å²) in [6, 6.07) is 5.39. The van der Waals surface area contributed by atoms with Crippen LogP contribution in [0.3, 0.4) is 0 Å². The average Bonchev–Trinajstić information content (AvgIpc) is 2.40. The maximum Gasteiger partial charge on any atom is 0.228 e. The third-order valence-electron chi connectivity index (χ3n) is 3.21. The maximum atomic E-state index is 11.5. The molecule has 4 nitrogen and oxygen atoms in total. The number of nitrogens with one attached hydrogen (secondary N) is 2. The minimum absolute atomic E-state index is 0.109. The van der Waals surface area contributed by atoms with Crippen molar-refractivity contribution in [1.82, 2.24) is 5.32 Å². The van der Waals surface area contributed by atoms with Gasteiger partial charge in [0.1, 0.15) is 5.75 Å². The predicted octanol–water partition coefficient (Wildman–Crippen LogP) is 3.37. The molecule has 0 aliphatic heterocycles. The molecule has 1 rings (SSSR count). The highest BCUT2D eigenvalue weighted by Gasteiger charge is 2.12. The molecule has 0 radical (unpaired) electrons. The fourth-order valence-electron chi connectivity index (χ4n) is 1.61.